The molecule has 14 heavy (non-hydrogen) atoms. The van der Waals surface area contributed by atoms with Crippen LogP contribution in [0.3, 0.4) is 0 Å². The number of nitrogen functional groups attached to an aromatic ring is 1. The molecule has 1 saturated carbocycles. The minimum atomic E-state index is -0.167. The van der Waals surface area contributed by atoms with Crippen molar-refractivity contribution in [3.8, 4) is 0 Å². The van der Waals surface area contributed by atoms with Crippen molar-refractivity contribution in [2.75, 3.05) is 12.3 Å². The molecule has 0 spiro atoms. The molecule has 1 heterocycles. The van der Waals surface area contributed by atoms with Crippen LogP contribution in [0.5, 0.6) is 0 Å². The average molecular weight is 194 g/mol. The molecular formula is C9H14N4O. The zero-order valence-electron chi connectivity index (χ0n) is 8.08. The van der Waals surface area contributed by atoms with Gasteiger partial charge in [-0.3, -0.25) is 9.89 Å². The standard InChI is InChI=1S/C9H14N4O/c1-5-2-6(5)3-11-9(14)8-7(10)4-12-13-8/h4-6H,2-3,10H2,1H3,(H,11,14)(H,12,13). The summed E-state index contributed by atoms with van der Waals surface area (Å²) in [7, 11) is 0. The fourth-order valence-corrected chi connectivity index (χ4v) is 1.47. The van der Waals surface area contributed by atoms with Gasteiger partial charge in [-0.15, -0.1) is 0 Å². The van der Waals surface area contributed by atoms with Crippen LogP contribution in [-0.2, 0) is 0 Å². The van der Waals surface area contributed by atoms with Crippen molar-refractivity contribution in [3.63, 3.8) is 0 Å². The van der Waals surface area contributed by atoms with Crippen LogP contribution in [0.4, 0.5) is 5.69 Å². The Kier molecular flexibility index (Phi) is 2.15. The van der Waals surface area contributed by atoms with Gasteiger partial charge in [0.2, 0.25) is 0 Å². The molecule has 0 bridgehead atoms. The predicted molar refractivity (Wildman–Crippen MR) is 52.6 cm³/mol. The lowest BCUT2D eigenvalue weighted by atomic mass is 10.3. The SMILES string of the molecule is CC1CC1CNC(=O)c1[nH]ncc1N. The van der Waals surface area contributed by atoms with Crippen molar-refractivity contribution in [1.29, 1.82) is 0 Å². The highest BCUT2D eigenvalue weighted by molar-refractivity contribution is 5.96. The van der Waals surface area contributed by atoms with E-state index in [-0.39, 0.29) is 5.91 Å². The normalized spacial score (nSPS) is 24.6. The highest BCUT2D eigenvalue weighted by Crippen LogP contribution is 2.36. The second-order valence-corrected chi connectivity index (χ2v) is 3.88. The number of carbonyl (C=O) groups excluding carboxylic acids is 1. The molecule has 2 atom stereocenters. The van der Waals surface area contributed by atoms with Gasteiger partial charge in [-0.25, -0.2) is 0 Å². The number of carbonyl (C=O) groups is 1. The van der Waals surface area contributed by atoms with E-state index < -0.39 is 0 Å². The molecule has 5 nitrogen and oxygen atoms in total. The van der Waals surface area contributed by atoms with E-state index in [4.69, 9.17) is 5.73 Å². The summed E-state index contributed by atoms with van der Waals surface area (Å²) >= 11 is 0. The van der Waals surface area contributed by atoms with Crippen LogP contribution in [0.15, 0.2) is 6.20 Å². The van der Waals surface area contributed by atoms with Crippen LogP contribution >= 0.6 is 0 Å². The molecule has 0 aliphatic heterocycles. The van der Waals surface area contributed by atoms with E-state index in [2.05, 4.69) is 22.4 Å². The lowest BCUT2D eigenvalue weighted by Crippen LogP contribution is -2.26. The van der Waals surface area contributed by atoms with Gasteiger partial charge >= 0.3 is 0 Å². The first-order chi connectivity index (χ1) is 6.68. The summed E-state index contributed by atoms with van der Waals surface area (Å²) < 4.78 is 0. The third-order valence-electron chi connectivity index (χ3n) is 2.70. The molecule has 0 radical (unpaired) electrons. The van der Waals surface area contributed by atoms with Crippen LogP contribution in [0, 0.1) is 11.8 Å². The summed E-state index contributed by atoms with van der Waals surface area (Å²) in [6.07, 6.45) is 2.65. The maximum Gasteiger partial charge on any atom is 0.271 e. The highest BCUT2D eigenvalue weighted by atomic mass is 16.1. The molecule has 1 fully saturated rings. The smallest absolute Gasteiger partial charge is 0.271 e. The van der Waals surface area contributed by atoms with Gasteiger partial charge in [0.05, 0.1) is 11.9 Å². The molecule has 1 amide bonds. The number of amides is 1. The minimum Gasteiger partial charge on any atom is -0.396 e. The zero-order chi connectivity index (χ0) is 10.1. The molecule has 1 aromatic heterocycles. The molecular weight excluding hydrogens is 180 g/mol. The number of H-pyrrole nitrogens is 1. The summed E-state index contributed by atoms with van der Waals surface area (Å²) in [5, 5.41) is 9.09. The van der Waals surface area contributed by atoms with E-state index in [1.807, 2.05) is 0 Å². The number of anilines is 1. The number of aromatic amines is 1. The largest absolute Gasteiger partial charge is 0.396 e. The molecule has 4 N–H and O–H groups in total. The van der Waals surface area contributed by atoms with Crippen molar-refractivity contribution >= 4 is 11.6 Å². The van der Waals surface area contributed by atoms with E-state index >= 15 is 0 Å². The van der Waals surface area contributed by atoms with E-state index in [0.717, 1.165) is 12.5 Å². The van der Waals surface area contributed by atoms with Crippen LogP contribution < -0.4 is 11.1 Å². The Labute approximate surface area is 82.1 Å². The fraction of sp³-hybridized carbons (Fsp3) is 0.556. The van der Waals surface area contributed by atoms with Crippen LogP contribution in [0.1, 0.15) is 23.8 Å². The van der Waals surface area contributed by atoms with Crippen LogP contribution in [-0.4, -0.2) is 22.6 Å². The van der Waals surface area contributed by atoms with Gasteiger partial charge in [-0.1, -0.05) is 6.92 Å². The number of rotatable bonds is 3. The predicted octanol–water partition coefficient (Wildman–Crippen LogP) is 0.378. The van der Waals surface area contributed by atoms with Gasteiger partial charge in [-0.05, 0) is 18.3 Å². The third-order valence-corrected chi connectivity index (χ3v) is 2.70. The van der Waals surface area contributed by atoms with E-state index in [1.54, 1.807) is 0 Å². The second-order valence-electron chi connectivity index (χ2n) is 3.88. The Morgan fingerprint density at radius 1 is 1.86 bits per heavy atom. The Morgan fingerprint density at radius 3 is 3.07 bits per heavy atom. The zero-order valence-corrected chi connectivity index (χ0v) is 8.08. The summed E-state index contributed by atoms with van der Waals surface area (Å²) in [4.78, 5) is 11.5. The maximum absolute atomic E-state index is 11.5. The topological polar surface area (TPSA) is 83.8 Å². The third kappa shape index (κ3) is 1.71. The Hall–Kier alpha value is -1.52. The summed E-state index contributed by atoms with van der Waals surface area (Å²) in [5.74, 6) is 1.22. The van der Waals surface area contributed by atoms with E-state index in [9.17, 15) is 4.79 Å². The minimum absolute atomic E-state index is 0.167. The van der Waals surface area contributed by atoms with Gasteiger partial charge < -0.3 is 11.1 Å². The molecule has 1 aliphatic carbocycles. The molecule has 0 aromatic carbocycles. The molecule has 2 rings (SSSR count). The first-order valence-electron chi connectivity index (χ1n) is 4.75. The van der Waals surface area contributed by atoms with Crippen LogP contribution in [0.2, 0.25) is 0 Å². The summed E-state index contributed by atoms with van der Waals surface area (Å²) in [6.45, 7) is 2.92. The van der Waals surface area contributed by atoms with Crippen molar-refractivity contribution in [3.05, 3.63) is 11.9 Å². The Bertz CT molecular complexity index is 346. The molecule has 1 aromatic rings. The molecule has 2 unspecified atom stereocenters. The lowest BCUT2D eigenvalue weighted by Gasteiger charge is -2.02. The maximum atomic E-state index is 11.5. The number of nitrogens with one attached hydrogen (secondary N) is 2. The summed E-state index contributed by atoms with van der Waals surface area (Å²) in [5.41, 5.74) is 6.29. The fourth-order valence-electron chi connectivity index (χ4n) is 1.47. The summed E-state index contributed by atoms with van der Waals surface area (Å²) in [6, 6.07) is 0. The first-order valence-corrected chi connectivity index (χ1v) is 4.75. The Morgan fingerprint density at radius 2 is 2.57 bits per heavy atom. The second kappa shape index (κ2) is 3.32. The van der Waals surface area contributed by atoms with E-state index in [0.29, 0.717) is 17.3 Å². The number of nitrogens with two attached hydrogens (primary N) is 1. The van der Waals surface area contributed by atoms with Gasteiger partial charge in [0, 0.05) is 6.54 Å². The number of hydrogen-bond acceptors (Lipinski definition) is 3. The highest BCUT2D eigenvalue weighted by Gasteiger charge is 2.32. The molecule has 76 valence electrons. The average Bonchev–Trinajstić information content (AvgIpc) is 2.67. The quantitative estimate of drug-likeness (QED) is 0.650. The van der Waals surface area contributed by atoms with Crippen LogP contribution in [0.25, 0.3) is 0 Å². The molecule has 1 aliphatic rings. The van der Waals surface area contributed by atoms with Gasteiger partial charge in [-0.2, -0.15) is 5.10 Å². The first kappa shape index (κ1) is 9.05. The Balaban J connectivity index is 1.87. The van der Waals surface area contributed by atoms with E-state index in [1.165, 1.54) is 12.6 Å². The van der Waals surface area contributed by atoms with Gasteiger partial charge in [0.1, 0.15) is 5.69 Å². The van der Waals surface area contributed by atoms with Crippen molar-refractivity contribution in [1.82, 2.24) is 15.5 Å². The number of hydrogen-bond donors (Lipinski definition) is 3. The van der Waals surface area contributed by atoms with Crippen molar-refractivity contribution < 1.29 is 4.79 Å². The number of nitrogens with zero attached hydrogens (tertiary/aromatic N) is 1. The van der Waals surface area contributed by atoms with Gasteiger partial charge in [0.15, 0.2) is 0 Å². The number of aromatic nitrogens is 2. The van der Waals surface area contributed by atoms with Gasteiger partial charge in [0.25, 0.3) is 5.91 Å². The monoisotopic (exact) mass is 194 g/mol. The molecule has 0 saturated heterocycles. The van der Waals surface area contributed by atoms with Crippen molar-refractivity contribution in [2.24, 2.45) is 11.8 Å². The molecule has 5 heteroatoms. The lowest BCUT2D eigenvalue weighted by molar-refractivity contribution is 0.0947. The van der Waals surface area contributed by atoms with Crippen molar-refractivity contribution in [2.45, 2.75) is 13.3 Å².